The molecular weight excluding hydrogens is 777 g/mol. The molecule has 0 aliphatic carbocycles. The van der Waals surface area contributed by atoms with Crippen molar-refractivity contribution in [2.24, 2.45) is 5.10 Å². The van der Waals surface area contributed by atoms with Gasteiger partial charge in [-0.15, -0.1) is 0 Å². The first-order chi connectivity index (χ1) is 29.1. The first-order valence-electron chi connectivity index (χ1n) is 21.8. The topological polar surface area (TPSA) is 244 Å². The van der Waals surface area contributed by atoms with Crippen LogP contribution in [0.25, 0.3) is 0 Å². The number of hydrogen-bond donors (Lipinski definition) is 2. The van der Waals surface area contributed by atoms with E-state index >= 15 is 0 Å². The zero-order valence-corrected chi connectivity index (χ0v) is 35.7. The predicted octanol–water partition coefficient (Wildman–Crippen LogP) is 6.53. The highest BCUT2D eigenvalue weighted by Crippen LogP contribution is 2.29. The molecule has 0 aromatic carbocycles. The third kappa shape index (κ3) is 12.2. The Labute approximate surface area is 351 Å². The van der Waals surface area contributed by atoms with Gasteiger partial charge in [-0.2, -0.15) is 15.3 Å². The number of anilines is 2. The van der Waals surface area contributed by atoms with Crippen molar-refractivity contribution < 1.29 is 33.5 Å². The SMILES string of the molecule is CCC1=N[N+](C2CCCCO2)=CC1[N+](=O)[O-].CCc1c(N)cnn1C1CCCCO1.CCc1c([N+](=O)[O-])cnn1C1CCCCO1.CCc1nn(C2CCCCO2)cc1N. The molecule has 20 nitrogen and oxygen atoms in total. The highest BCUT2D eigenvalue weighted by Gasteiger charge is 2.40. The fourth-order valence-corrected chi connectivity index (χ4v) is 7.79. The monoisotopic (exact) mass is 842 g/mol. The number of hydrogen-bond acceptors (Lipinski definition) is 14. The Morgan fingerprint density at radius 3 is 1.70 bits per heavy atom. The van der Waals surface area contributed by atoms with Crippen LogP contribution >= 0.6 is 0 Å². The third-order valence-electron chi connectivity index (χ3n) is 11.1. The van der Waals surface area contributed by atoms with Crippen molar-refractivity contribution in [2.75, 3.05) is 37.9 Å². The van der Waals surface area contributed by atoms with Crippen LogP contribution in [0.15, 0.2) is 23.7 Å². The zero-order valence-electron chi connectivity index (χ0n) is 35.7. The van der Waals surface area contributed by atoms with Crippen LogP contribution in [0, 0.1) is 20.2 Å². The van der Waals surface area contributed by atoms with Crippen molar-refractivity contribution in [3.8, 4) is 0 Å². The number of hydrazone groups is 1. The number of rotatable bonds is 10. The molecule has 0 saturated carbocycles. The molecule has 4 saturated heterocycles. The maximum Gasteiger partial charge on any atom is 0.333 e. The average Bonchev–Trinajstić information content (AvgIpc) is 4.10. The molecule has 0 amide bonds. The fourth-order valence-electron chi connectivity index (χ4n) is 7.79. The van der Waals surface area contributed by atoms with Gasteiger partial charge in [0.2, 0.25) is 0 Å². The van der Waals surface area contributed by atoms with E-state index in [0.29, 0.717) is 30.9 Å². The predicted molar refractivity (Wildman–Crippen MR) is 225 cm³/mol. The van der Waals surface area contributed by atoms with E-state index in [4.69, 9.17) is 30.4 Å². The summed E-state index contributed by atoms with van der Waals surface area (Å²) >= 11 is 0. The van der Waals surface area contributed by atoms with Crippen LogP contribution in [0.5, 0.6) is 0 Å². The maximum absolute atomic E-state index is 10.8. The van der Waals surface area contributed by atoms with E-state index in [0.717, 1.165) is 120 Å². The molecule has 3 aromatic rings. The number of nitrogens with zero attached hydrogens (tertiary/aromatic N) is 10. The van der Waals surface area contributed by atoms with E-state index in [2.05, 4.69) is 34.2 Å². The molecule has 5 unspecified atom stereocenters. The van der Waals surface area contributed by atoms with E-state index in [1.165, 1.54) is 19.0 Å². The Balaban J connectivity index is 0.000000152. The van der Waals surface area contributed by atoms with Gasteiger partial charge in [0.05, 0.1) is 46.7 Å². The first kappa shape index (κ1) is 46.3. The quantitative estimate of drug-likeness (QED) is 0.125. The van der Waals surface area contributed by atoms with Gasteiger partial charge in [-0.25, -0.2) is 14.0 Å². The van der Waals surface area contributed by atoms with E-state index in [1.807, 2.05) is 29.4 Å². The van der Waals surface area contributed by atoms with Gasteiger partial charge in [0.15, 0.2) is 18.2 Å². The van der Waals surface area contributed by atoms with Gasteiger partial charge in [-0.05, 0) is 96.3 Å². The molecular formula is C40H65N12O8+. The number of aromatic nitrogens is 6. The number of nitrogens with two attached hydrogens (primary N) is 2. The van der Waals surface area contributed by atoms with Crippen LogP contribution in [0.3, 0.4) is 0 Å². The molecule has 4 N–H and O–H groups in total. The van der Waals surface area contributed by atoms with Gasteiger partial charge in [0, 0.05) is 36.3 Å². The number of ether oxygens (including phenoxy) is 4. The summed E-state index contributed by atoms with van der Waals surface area (Å²) in [6.45, 7) is 11.0. The van der Waals surface area contributed by atoms with Crippen molar-refractivity contribution in [1.29, 1.82) is 0 Å². The average molecular weight is 842 g/mol. The summed E-state index contributed by atoms with van der Waals surface area (Å²) in [6.07, 6.45) is 22.4. The van der Waals surface area contributed by atoms with Gasteiger partial charge < -0.3 is 30.4 Å². The Morgan fingerprint density at radius 1 is 0.700 bits per heavy atom. The second kappa shape index (κ2) is 23.3. The standard InChI is InChI=1S/C10H16N3O3.C10H15N3O3.2C10H17N3O/c1-2-8-9(13(14)15)7-12(11-8)10-5-3-4-6-16-10;1-2-8-9(13(14)15)7-11-12(8)10-5-3-4-6-16-10;1-2-9-8(11)7-13(12-9)10-5-3-4-6-14-10;1-2-9-8(11)7-12-13(9)10-5-3-4-6-14-10/h7,9-10H,2-6H2,1H3;7,10H,2-6H2,1H3;2*7,10H,2-6,11H2,1H3/q+1;;;. The molecule has 332 valence electrons. The maximum atomic E-state index is 10.8. The third-order valence-corrected chi connectivity index (χ3v) is 11.1. The molecule has 8 heterocycles. The second-order valence-corrected chi connectivity index (χ2v) is 15.2. The Bertz CT molecular complexity index is 1870. The van der Waals surface area contributed by atoms with Crippen molar-refractivity contribution in [3.05, 3.63) is 55.9 Å². The lowest BCUT2D eigenvalue weighted by atomic mass is 10.1. The smallest absolute Gasteiger partial charge is 0.333 e. The van der Waals surface area contributed by atoms with E-state index in [-0.39, 0.29) is 40.4 Å². The van der Waals surface area contributed by atoms with E-state index in [9.17, 15) is 20.2 Å². The fraction of sp³-hybridized carbons (Fsp3) is 0.725. The van der Waals surface area contributed by atoms with Gasteiger partial charge in [0.25, 0.3) is 12.4 Å². The molecule has 4 fully saturated rings. The lowest BCUT2D eigenvalue weighted by molar-refractivity contribution is -0.619. The molecule has 0 bridgehead atoms. The summed E-state index contributed by atoms with van der Waals surface area (Å²) in [5, 5.41) is 38.7. The van der Waals surface area contributed by atoms with Crippen molar-refractivity contribution in [2.45, 2.75) is 161 Å². The van der Waals surface area contributed by atoms with Crippen molar-refractivity contribution >= 4 is 29.0 Å². The van der Waals surface area contributed by atoms with Gasteiger partial charge in [-0.1, -0.05) is 32.4 Å². The van der Waals surface area contributed by atoms with Crippen LogP contribution in [-0.4, -0.2) is 94.5 Å². The highest BCUT2D eigenvalue weighted by molar-refractivity contribution is 6.01. The molecule has 5 atom stereocenters. The van der Waals surface area contributed by atoms with Gasteiger partial charge >= 0.3 is 11.7 Å². The van der Waals surface area contributed by atoms with E-state index in [1.54, 1.807) is 21.8 Å². The molecule has 3 aromatic heterocycles. The molecule has 0 spiro atoms. The largest absolute Gasteiger partial charge is 0.396 e. The molecule has 0 radical (unpaired) electrons. The Hall–Kier alpha value is -4.79. The molecule has 60 heavy (non-hydrogen) atoms. The van der Waals surface area contributed by atoms with Crippen molar-refractivity contribution in [1.82, 2.24) is 29.3 Å². The van der Waals surface area contributed by atoms with Crippen LogP contribution in [-0.2, 0) is 38.2 Å². The summed E-state index contributed by atoms with van der Waals surface area (Å²) < 4.78 is 29.5. The summed E-state index contributed by atoms with van der Waals surface area (Å²) in [6, 6.07) is -0.768. The Morgan fingerprint density at radius 2 is 1.25 bits per heavy atom. The van der Waals surface area contributed by atoms with Crippen LogP contribution in [0.4, 0.5) is 17.1 Å². The van der Waals surface area contributed by atoms with Gasteiger partial charge in [0.1, 0.15) is 18.1 Å². The van der Waals surface area contributed by atoms with E-state index < -0.39 is 6.04 Å². The van der Waals surface area contributed by atoms with Crippen molar-refractivity contribution in [3.63, 3.8) is 0 Å². The van der Waals surface area contributed by atoms with Crippen LogP contribution in [0.1, 0.15) is 147 Å². The minimum absolute atomic E-state index is 0.0941. The zero-order chi connectivity index (χ0) is 43.0. The molecule has 8 rings (SSSR count). The number of nitro groups is 2. The summed E-state index contributed by atoms with van der Waals surface area (Å²) in [5.74, 6) is 0. The summed E-state index contributed by atoms with van der Waals surface area (Å²) in [4.78, 5) is 20.9. The number of nitrogen functional groups attached to an aromatic ring is 2. The normalized spacial score (nSPS) is 24.0. The lowest BCUT2D eigenvalue weighted by Crippen LogP contribution is -2.31. The van der Waals surface area contributed by atoms with Crippen LogP contribution < -0.4 is 11.5 Å². The minimum atomic E-state index is -0.768. The summed E-state index contributed by atoms with van der Waals surface area (Å²) in [5.41, 5.74) is 16.6. The summed E-state index contributed by atoms with van der Waals surface area (Å²) in [7, 11) is 0. The second-order valence-electron chi connectivity index (χ2n) is 15.2. The minimum Gasteiger partial charge on any atom is -0.396 e. The molecule has 5 aliphatic rings. The highest BCUT2D eigenvalue weighted by atomic mass is 16.6. The molecule has 20 heteroatoms. The lowest BCUT2D eigenvalue weighted by Gasteiger charge is -2.24. The first-order valence-corrected chi connectivity index (χ1v) is 21.8. The van der Waals surface area contributed by atoms with Gasteiger partial charge in [-0.3, -0.25) is 20.2 Å². The van der Waals surface area contributed by atoms with Crippen LogP contribution in [0.2, 0.25) is 0 Å². The number of aryl methyl sites for hydroxylation is 1. The Kier molecular flexibility index (Phi) is 18.0. The molecule has 5 aliphatic heterocycles.